The molecule has 1 nitrogen and oxygen atoms in total. The highest BCUT2D eigenvalue weighted by Crippen LogP contribution is 2.44. The lowest BCUT2D eigenvalue weighted by Crippen LogP contribution is -2.10. The molecule has 1 N–H and O–H groups in total. The van der Waals surface area contributed by atoms with Gasteiger partial charge in [0.25, 0.3) is 0 Å². The van der Waals surface area contributed by atoms with Gasteiger partial charge in [-0.15, -0.1) is 0 Å². The van der Waals surface area contributed by atoms with Gasteiger partial charge in [-0.25, -0.2) is 0 Å². The van der Waals surface area contributed by atoms with Crippen LogP contribution in [-0.2, 0) is 11.8 Å². The van der Waals surface area contributed by atoms with Crippen molar-refractivity contribution in [2.24, 2.45) is 0 Å². The largest absolute Gasteiger partial charge is 0.361 e. The first kappa shape index (κ1) is 9.91. The molecule has 0 saturated carbocycles. The Morgan fingerprint density at radius 3 is 2.17 bits per heavy atom. The molecule has 1 atom stereocenters. The molecule has 0 aromatic heterocycles. The summed E-state index contributed by atoms with van der Waals surface area (Å²) in [5.41, 5.74) is 0.162. The van der Waals surface area contributed by atoms with Crippen LogP contribution in [-0.4, -0.2) is 10.6 Å². The molecular weight excluding hydrogens is 187 g/mol. The second kappa shape index (κ2) is 3.69. The van der Waals surface area contributed by atoms with Crippen LogP contribution in [0, 0.1) is 0 Å². The van der Waals surface area contributed by atoms with Crippen molar-refractivity contribution in [1.82, 2.24) is 0 Å². The molecular formula is C9H13OPS. The fourth-order valence-electron chi connectivity index (χ4n) is 0.940. The second-order valence-electron chi connectivity index (χ2n) is 3.05. The first-order chi connectivity index (χ1) is 5.55. The van der Waals surface area contributed by atoms with Gasteiger partial charge in [-0.1, -0.05) is 56.0 Å². The summed E-state index contributed by atoms with van der Waals surface area (Å²) in [6.45, 7) is 3.93. The molecule has 1 aromatic carbocycles. The maximum atomic E-state index is 9.99. The van der Waals surface area contributed by atoms with Crippen LogP contribution < -0.4 is 5.30 Å². The lowest BCUT2D eigenvalue weighted by molar-refractivity contribution is 0.621. The van der Waals surface area contributed by atoms with Crippen LogP contribution >= 0.6 is 6.26 Å². The molecule has 3 heteroatoms. The van der Waals surface area contributed by atoms with E-state index in [9.17, 15) is 4.89 Å². The molecule has 0 bridgehead atoms. The fraction of sp³-hybridized carbons (Fsp3) is 0.333. The van der Waals surface area contributed by atoms with E-state index in [0.717, 1.165) is 5.30 Å². The Morgan fingerprint density at radius 2 is 1.75 bits per heavy atom. The Morgan fingerprint density at radius 1 is 1.25 bits per heavy atom. The van der Waals surface area contributed by atoms with E-state index in [0.29, 0.717) is 0 Å². The van der Waals surface area contributed by atoms with Gasteiger partial charge in [0.15, 0.2) is 0 Å². The van der Waals surface area contributed by atoms with E-state index in [-0.39, 0.29) is 5.66 Å². The maximum absolute atomic E-state index is 9.99. The molecule has 0 fully saturated rings. The molecule has 1 rings (SSSR count). The quantitative estimate of drug-likeness (QED) is 0.738. The molecule has 0 aliphatic heterocycles. The van der Waals surface area contributed by atoms with Crippen LogP contribution in [0.25, 0.3) is 0 Å². The monoisotopic (exact) mass is 200 g/mol. The van der Waals surface area contributed by atoms with Gasteiger partial charge >= 0.3 is 0 Å². The van der Waals surface area contributed by atoms with Gasteiger partial charge in [0.1, 0.15) is 0 Å². The van der Waals surface area contributed by atoms with Crippen molar-refractivity contribution in [3.8, 4) is 0 Å². The average molecular weight is 200 g/mol. The Balaban J connectivity index is 3.07. The molecule has 1 unspecified atom stereocenters. The van der Waals surface area contributed by atoms with Crippen LogP contribution in [0.1, 0.15) is 13.8 Å². The van der Waals surface area contributed by atoms with Gasteiger partial charge in [0, 0.05) is 11.0 Å². The summed E-state index contributed by atoms with van der Waals surface area (Å²) in [6, 6.07) is 9.56. The van der Waals surface area contributed by atoms with Crippen molar-refractivity contribution < 1.29 is 4.89 Å². The summed E-state index contributed by atoms with van der Waals surface area (Å²) in [7, 11) is 0. The van der Waals surface area contributed by atoms with Crippen LogP contribution in [0.4, 0.5) is 0 Å². The van der Waals surface area contributed by atoms with E-state index in [4.69, 9.17) is 11.8 Å². The molecule has 0 aliphatic rings. The maximum Gasteiger partial charge on any atom is 0.0937 e. The van der Waals surface area contributed by atoms with Crippen LogP contribution in [0.2, 0.25) is 0 Å². The highest BCUT2D eigenvalue weighted by atomic mass is 32.4. The Kier molecular flexibility index (Phi) is 3.05. The predicted octanol–water partition coefficient (Wildman–Crippen LogP) is 2.11. The van der Waals surface area contributed by atoms with Crippen molar-refractivity contribution in [3.05, 3.63) is 30.3 Å². The van der Waals surface area contributed by atoms with E-state index in [1.54, 1.807) is 0 Å². The van der Waals surface area contributed by atoms with E-state index in [1.165, 1.54) is 0 Å². The number of benzene rings is 1. The van der Waals surface area contributed by atoms with Crippen molar-refractivity contribution in [3.63, 3.8) is 0 Å². The molecule has 0 amide bonds. The van der Waals surface area contributed by atoms with Gasteiger partial charge in [0.05, 0.1) is 6.26 Å². The van der Waals surface area contributed by atoms with Crippen molar-refractivity contribution in [2.45, 2.75) is 19.5 Å². The van der Waals surface area contributed by atoms with E-state index >= 15 is 0 Å². The minimum absolute atomic E-state index is 0.162. The Hall–Kier alpha value is -0.170. The van der Waals surface area contributed by atoms with E-state index < -0.39 is 6.26 Å². The zero-order valence-corrected chi connectivity index (χ0v) is 8.98. The zero-order chi connectivity index (χ0) is 9.19. The second-order valence-corrected chi connectivity index (χ2v) is 7.52. The number of hydrogen-bond acceptors (Lipinski definition) is 1. The molecule has 12 heavy (non-hydrogen) atoms. The molecule has 66 valence electrons. The van der Waals surface area contributed by atoms with E-state index in [2.05, 4.69) is 0 Å². The lowest BCUT2D eigenvalue weighted by atomic mass is 10.4. The van der Waals surface area contributed by atoms with Gasteiger partial charge in [0.2, 0.25) is 0 Å². The summed E-state index contributed by atoms with van der Waals surface area (Å²) in [5.74, 6) is 0. The summed E-state index contributed by atoms with van der Waals surface area (Å²) in [6.07, 6.45) is -2.28. The molecule has 0 radical (unpaired) electrons. The smallest absolute Gasteiger partial charge is 0.0937 e. The summed E-state index contributed by atoms with van der Waals surface area (Å²) < 4.78 is 0. The average Bonchev–Trinajstić information content (AvgIpc) is 2.06. The van der Waals surface area contributed by atoms with E-state index in [1.807, 2.05) is 44.2 Å². The first-order valence-electron chi connectivity index (χ1n) is 3.93. The Labute approximate surface area is 78.5 Å². The Bertz CT molecular complexity index is 295. The highest BCUT2D eigenvalue weighted by molar-refractivity contribution is 8.15. The summed E-state index contributed by atoms with van der Waals surface area (Å²) in [5, 5.41) is 0.912. The summed E-state index contributed by atoms with van der Waals surface area (Å²) >= 11 is 5.20. The van der Waals surface area contributed by atoms with Crippen LogP contribution in [0.15, 0.2) is 30.3 Å². The third-order valence-corrected chi connectivity index (χ3v) is 6.16. The highest BCUT2D eigenvalue weighted by Gasteiger charge is 2.19. The standard InChI is InChI=1S/C9H13OPS/c1-8(2)11(10,12)9-6-4-3-5-7-9/h3-8H,1-2H3,(H,10,12). The minimum atomic E-state index is -2.28. The lowest BCUT2D eigenvalue weighted by Gasteiger charge is -2.19. The molecule has 1 aromatic rings. The van der Waals surface area contributed by atoms with Gasteiger partial charge in [-0.05, 0) is 0 Å². The predicted molar refractivity (Wildman–Crippen MR) is 57.7 cm³/mol. The van der Waals surface area contributed by atoms with Gasteiger partial charge in [-0.3, -0.25) is 0 Å². The van der Waals surface area contributed by atoms with Crippen LogP contribution in [0.3, 0.4) is 0 Å². The fourth-order valence-corrected chi connectivity index (χ4v) is 2.50. The number of hydrogen-bond donors (Lipinski definition) is 1. The molecule has 0 spiro atoms. The van der Waals surface area contributed by atoms with Crippen molar-refractivity contribution in [1.29, 1.82) is 0 Å². The van der Waals surface area contributed by atoms with Crippen molar-refractivity contribution in [2.75, 3.05) is 0 Å². The van der Waals surface area contributed by atoms with Crippen molar-refractivity contribution >= 4 is 23.4 Å². The topological polar surface area (TPSA) is 20.2 Å². The molecule has 0 heterocycles. The SMILES string of the molecule is CC(C)P(O)(=S)c1ccccc1. The van der Waals surface area contributed by atoms with Gasteiger partial charge in [-0.2, -0.15) is 0 Å². The molecule has 0 aliphatic carbocycles. The van der Waals surface area contributed by atoms with Gasteiger partial charge < -0.3 is 4.89 Å². The zero-order valence-electron chi connectivity index (χ0n) is 7.27. The minimum Gasteiger partial charge on any atom is -0.361 e. The number of rotatable bonds is 2. The summed E-state index contributed by atoms with van der Waals surface area (Å²) in [4.78, 5) is 9.99. The normalized spacial score (nSPS) is 16.0. The first-order valence-corrected chi connectivity index (χ1v) is 6.75. The molecule has 0 saturated heterocycles. The third-order valence-electron chi connectivity index (χ3n) is 1.83. The van der Waals surface area contributed by atoms with Crippen LogP contribution in [0.5, 0.6) is 0 Å². The third kappa shape index (κ3) is 1.95.